The van der Waals surface area contributed by atoms with Crippen LogP contribution >= 0.6 is 27.5 Å². The first-order valence-corrected chi connectivity index (χ1v) is 7.02. The smallest absolute Gasteiger partial charge is 0.165 e. The topological polar surface area (TPSA) is 30.2 Å². The maximum absolute atomic E-state index is 6.22. The van der Waals surface area contributed by atoms with Gasteiger partial charge in [0.2, 0.25) is 0 Å². The molecule has 0 unspecified atom stereocenters. The van der Waals surface area contributed by atoms with Crippen LogP contribution in [-0.4, -0.2) is 14.6 Å². The minimum Gasteiger partial charge on any atom is -0.233 e. The number of halogens is 2. The van der Waals surface area contributed by atoms with Crippen molar-refractivity contribution in [3.8, 4) is 11.1 Å². The Bertz CT molecular complexity index is 780. The van der Waals surface area contributed by atoms with Crippen LogP contribution in [0, 0.1) is 13.8 Å². The summed E-state index contributed by atoms with van der Waals surface area (Å²) in [6.45, 7) is 3.90. The van der Waals surface area contributed by atoms with E-state index in [-0.39, 0.29) is 0 Å². The lowest BCUT2D eigenvalue weighted by molar-refractivity contribution is 0.910. The summed E-state index contributed by atoms with van der Waals surface area (Å²) in [6.07, 6.45) is 0. The van der Waals surface area contributed by atoms with Crippen molar-refractivity contribution in [3.05, 3.63) is 51.3 Å². The number of rotatable bonds is 1. The molecule has 1 aromatic carbocycles. The van der Waals surface area contributed by atoms with E-state index in [4.69, 9.17) is 11.6 Å². The van der Waals surface area contributed by atoms with Crippen molar-refractivity contribution < 1.29 is 0 Å². The monoisotopic (exact) mass is 335 g/mol. The van der Waals surface area contributed by atoms with Gasteiger partial charge in [-0.3, -0.25) is 0 Å². The molecule has 2 aromatic heterocycles. The number of aromatic nitrogens is 3. The first-order valence-electron chi connectivity index (χ1n) is 5.84. The summed E-state index contributed by atoms with van der Waals surface area (Å²) >= 11 is 9.71. The van der Waals surface area contributed by atoms with Gasteiger partial charge < -0.3 is 0 Å². The van der Waals surface area contributed by atoms with Crippen molar-refractivity contribution in [1.29, 1.82) is 0 Å². The fourth-order valence-corrected chi connectivity index (χ4v) is 2.86. The summed E-state index contributed by atoms with van der Waals surface area (Å²) in [5, 5.41) is 5.04. The van der Waals surface area contributed by atoms with Gasteiger partial charge in [-0.2, -0.15) is 5.10 Å². The molecule has 0 bridgehead atoms. The molecular weight excluding hydrogens is 326 g/mol. The van der Waals surface area contributed by atoms with Crippen LogP contribution in [-0.2, 0) is 0 Å². The summed E-state index contributed by atoms with van der Waals surface area (Å²) in [4.78, 5) is 4.56. The molecule has 2 heterocycles. The van der Waals surface area contributed by atoms with Gasteiger partial charge in [0.15, 0.2) is 5.65 Å². The minimum absolute atomic E-state index is 0.576. The molecule has 0 saturated carbocycles. The first-order chi connectivity index (χ1) is 9.06. The largest absolute Gasteiger partial charge is 0.233 e. The van der Waals surface area contributed by atoms with E-state index in [1.807, 2.05) is 38.1 Å². The van der Waals surface area contributed by atoms with Crippen LogP contribution in [0.15, 0.2) is 34.8 Å². The molecule has 0 amide bonds. The van der Waals surface area contributed by atoms with E-state index in [0.717, 1.165) is 32.6 Å². The minimum atomic E-state index is 0.576. The van der Waals surface area contributed by atoms with Gasteiger partial charge in [0.05, 0.1) is 5.69 Å². The van der Waals surface area contributed by atoms with Crippen molar-refractivity contribution >= 4 is 33.2 Å². The van der Waals surface area contributed by atoms with Crippen LogP contribution in [0.3, 0.4) is 0 Å². The van der Waals surface area contributed by atoms with E-state index in [2.05, 4.69) is 32.1 Å². The van der Waals surface area contributed by atoms with E-state index >= 15 is 0 Å². The molecular formula is C14H11BrClN3. The van der Waals surface area contributed by atoms with Gasteiger partial charge in [0.1, 0.15) is 5.15 Å². The highest BCUT2D eigenvalue weighted by molar-refractivity contribution is 9.10. The Morgan fingerprint density at radius 3 is 2.74 bits per heavy atom. The summed E-state index contributed by atoms with van der Waals surface area (Å²) in [6, 6.07) is 9.91. The molecule has 19 heavy (non-hydrogen) atoms. The number of benzene rings is 1. The first kappa shape index (κ1) is 12.6. The third kappa shape index (κ3) is 2.15. The molecule has 3 rings (SSSR count). The fraction of sp³-hybridized carbons (Fsp3) is 0.143. The summed E-state index contributed by atoms with van der Waals surface area (Å²) in [7, 11) is 0. The van der Waals surface area contributed by atoms with E-state index in [9.17, 15) is 0 Å². The van der Waals surface area contributed by atoms with E-state index in [1.54, 1.807) is 4.52 Å². The highest BCUT2D eigenvalue weighted by Crippen LogP contribution is 2.30. The zero-order chi connectivity index (χ0) is 13.6. The lowest BCUT2D eigenvalue weighted by atomic mass is 10.1. The summed E-state index contributed by atoms with van der Waals surface area (Å²) < 4.78 is 2.71. The van der Waals surface area contributed by atoms with Crippen molar-refractivity contribution in [1.82, 2.24) is 14.6 Å². The van der Waals surface area contributed by atoms with Gasteiger partial charge in [0.25, 0.3) is 0 Å². The molecule has 0 spiro atoms. The third-order valence-corrected chi connectivity index (χ3v) is 3.72. The van der Waals surface area contributed by atoms with Crippen LogP contribution in [0.4, 0.5) is 0 Å². The van der Waals surface area contributed by atoms with Crippen LogP contribution in [0.1, 0.15) is 11.4 Å². The molecule has 0 N–H and O–H groups in total. The van der Waals surface area contributed by atoms with Gasteiger partial charge in [-0.1, -0.05) is 39.7 Å². The summed E-state index contributed by atoms with van der Waals surface area (Å²) in [5.41, 5.74) is 4.69. The Hall–Kier alpha value is -1.39. The van der Waals surface area contributed by atoms with Crippen LogP contribution in [0.5, 0.6) is 0 Å². The molecule has 0 aliphatic carbocycles. The Morgan fingerprint density at radius 2 is 2.00 bits per heavy atom. The Kier molecular flexibility index (Phi) is 3.07. The van der Waals surface area contributed by atoms with Gasteiger partial charge >= 0.3 is 0 Å². The SMILES string of the molecule is Cc1cc(Cl)n2nc(C)c(-c3cccc(Br)c3)c2n1. The lowest BCUT2D eigenvalue weighted by Gasteiger charge is -2.03. The Balaban J connectivity index is 2.38. The zero-order valence-corrected chi connectivity index (χ0v) is 12.8. The number of hydrogen-bond acceptors (Lipinski definition) is 2. The van der Waals surface area contributed by atoms with Gasteiger partial charge in [0, 0.05) is 15.7 Å². The second-order valence-electron chi connectivity index (χ2n) is 4.43. The van der Waals surface area contributed by atoms with Crippen molar-refractivity contribution in [2.24, 2.45) is 0 Å². The molecule has 0 saturated heterocycles. The average molecular weight is 337 g/mol. The van der Waals surface area contributed by atoms with Gasteiger partial charge in [-0.25, -0.2) is 9.50 Å². The second-order valence-corrected chi connectivity index (χ2v) is 5.73. The quantitative estimate of drug-likeness (QED) is 0.615. The van der Waals surface area contributed by atoms with Crippen LogP contribution in [0.25, 0.3) is 16.8 Å². The molecule has 5 heteroatoms. The zero-order valence-electron chi connectivity index (χ0n) is 10.5. The van der Waals surface area contributed by atoms with E-state index in [0.29, 0.717) is 5.15 Å². The van der Waals surface area contributed by atoms with Gasteiger partial charge in [-0.15, -0.1) is 0 Å². The number of fused-ring (bicyclic) bond motifs is 1. The predicted molar refractivity (Wildman–Crippen MR) is 80.6 cm³/mol. The Labute approximate surface area is 124 Å². The number of aryl methyl sites for hydroxylation is 2. The normalized spacial score (nSPS) is 11.2. The highest BCUT2D eigenvalue weighted by atomic mass is 79.9. The Morgan fingerprint density at radius 1 is 1.21 bits per heavy atom. The lowest BCUT2D eigenvalue weighted by Crippen LogP contribution is -1.94. The molecule has 0 fully saturated rings. The van der Waals surface area contributed by atoms with E-state index in [1.165, 1.54) is 0 Å². The third-order valence-electron chi connectivity index (χ3n) is 2.96. The number of hydrogen-bond donors (Lipinski definition) is 0. The van der Waals surface area contributed by atoms with E-state index < -0.39 is 0 Å². The maximum Gasteiger partial charge on any atom is 0.165 e. The summed E-state index contributed by atoms with van der Waals surface area (Å²) in [5.74, 6) is 0. The fourth-order valence-electron chi connectivity index (χ4n) is 2.18. The van der Waals surface area contributed by atoms with Crippen molar-refractivity contribution in [3.63, 3.8) is 0 Å². The average Bonchev–Trinajstić information content (AvgIpc) is 2.66. The molecule has 0 atom stereocenters. The molecule has 96 valence electrons. The maximum atomic E-state index is 6.22. The molecule has 3 nitrogen and oxygen atoms in total. The van der Waals surface area contributed by atoms with Crippen LogP contribution in [0.2, 0.25) is 5.15 Å². The molecule has 0 radical (unpaired) electrons. The second kappa shape index (κ2) is 4.62. The molecule has 0 aliphatic heterocycles. The number of nitrogens with zero attached hydrogens (tertiary/aromatic N) is 3. The predicted octanol–water partition coefficient (Wildman–Crippen LogP) is 4.43. The van der Waals surface area contributed by atoms with Crippen molar-refractivity contribution in [2.75, 3.05) is 0 Å². The van der Waals surface area contributed by atoms with Crippen molar-refractivity contribution in [2.45, 2.75) is 13.8 Å². The molecule has 0 aliphatic rings. The molecule has 3 aromatic rings. The van der Waals surface area contributed by atoms with Crippen LogP contribution < -0.4 is 0 Å². The highest BCUT2D eigenvalue weighted by Gasteiger charge is 2.15. The standard InChI is InChI=1S/C14H11BrClN3/c1-8-6-12(16)19-14(17-8)13(9(2)18-19)10-4-3-5-11(15)7-10/h3-7H,1-2H3. The van der Waals surface area contributed by atoms with Gasteiger partial charge in [-0.05, 0) is 37.6 Å².